The topological polar surface area (TPSA) is 101 Å². The van der Waals surface area contributed by atoms with Crippen LogP contribution >= 0.6 is 0 Å². The molecule has 112 valence electrons. The zero-order chi connectivity index (χ0) is 15.9. The van der Waals surface area contributed by atoms with E-state index < -0.39 is 16.8 Å². The van der Waals surface area contributed by atoms with Crippen LogP contribution in [0.5, 0.6) is 0 Å². The normalized spacial score (nSPS) is 17.9. The van der Waals surface area contributed by atoms with E-state index in [1.165, 1.54) is 17.0 Å². The van der Waals surface area contributed by atoms with E-state index in [0.29, 0.717) is 16.5 Å². The van der Waals surface area contributed by atoms with Crippen molar-refractivity contribution in [2.24, 2.45) is 5.92 Å². The van der Waals surface area contributed by atoms with Gasteiger partial charge in [0.05, 0.1) is 21.9 Å². The van der Waals surface area contributed by atoms with E-state index in [1.54, 1.807) is 24.3 Å². The second kappa shape index (κ2) is 5.10. The number of nitrogens with zero attached hydrogens (tertiary/aromatic N) is 2. The molecule has 2 aromatic rings. The van der Waals surface area contributed by atoms with E-state index >= 15 is 0 Å². The van der Waals surface area contributed by atoms with Crippen molar-refractivity contribution in [1.29, 1.82) is 0 Å². The second-order valence-corrected chi connectivity index (χ2v) is 5.15. The molecule has 0 aliphatic carbocycles. The number of amides is 1. The molecular weight excluding hydrogens is 288 g/mol. The van der Waals surface area contributed by atoms with E-state index in [9.17, 15) is 19.7 Å². The predicted molar refractivity (Wildman–Crippen MR) is 78.7 cm³/mol. The standard InChI is InChI=1S/C15H12N2O5/c18-14-7-9(15(19)20)8-16(14)12-5-6-13(17(21)22)11-4-2-1-3-10(11)12/h1-6,9H,7-8H2,(H,19,20). The number of carboxylic acids is 1. The summed E-state index contributed by atoms with van der Waals surface area (Å²) in [6.07, 6.45) is -0.0549. The number of hydrogen-bond acceptors (Lipinski definition) is 4. The van der Waals surface area contributed by atoms with Gasteiger partial charge in [0.15, 0.2) is 0 Å². The fourth-order valence-corrected chi connectivity index (χ4v) is 2.77. The Morgan fingerprint density at radius 1 is 1.23 bits per heavy atom. The molecule has 0 saturated carbocycles. The molecule has 1 amide bonds. The van der Waals surface area contributed by atoms with Gasteiger partial charge >= 0.3 is 5.97 Å². The van der Waals surface area contributed by atoms with Crippen LogP contribution in [0, 0.1) is 16.0 Å². The Kier molecular flexibility index (Phi) is 3.25. The first-order valence-electron chi connectivity index (χ1n) is 6.68. The average Bonchev–Trinajstić information content (AvgIpc) is 2.88. The van der Waals surface area contributed by atoms with Gasteiger partial charge in [-0.3, -0.25) is 19.7 Å². The summed E-state index contributed by atoms with van der Waals surface area (Å²) in [5, 5.41) is 21.2. The van der Waals surface area contributed by atoms with E-state index in [2.05, 4.69) is 0 Å². The number of nitro groups is 1. The molecule has 1 heterocycles. The number of benzene rings is 2. The number of nitro benzene ring substituents is 1. The third-order valence-electron chi connectivity index (χ3n) is 3.84. The van der Waals surface area contributed by atoms with Gasteiger partial charge in [0.1, 0.15) is 0 Å². The lowest BCUT2D eigenvalue weighted by atomic mass is 10.1. The van der Waals surface area contributed by atoms with Gasteiger partial charge < -0.3 is 10.0 Å². The number of non-ortho nitro benzene ring substituents is 1. The molecule has 1 aliphatic rings. The molecule has 0 bridgehead atoms. The summed E-state index contributed by atoms with van der Waals surface area (Å²) >= 11 is 0. The Labute approximate surface area is 124 Å². The van der Waals surface area contributed by atoms with Gasteiger partial charge in [-0.1, -0.05) is 18.2 Å². The fraction of sp³-hybridized carbons (Fsp3) is 0.200. The SMILES string of the molecule is O=C(O)C1CC(=O)N(c2ccc([N+](=O)[O-])c3ccccc23)C1. The highest BCUT2D eigenvalue weighted by Gasteiger charge is 2.36. The molecule has 1 fully saturated rings. The maximum absolute atomic E-state index is 12.1. The summed E-state index contributed by atoms with van der Waals surface area (Å²) < 4.78 is 0. The van der Waals surface area contributed by atoms with Crippen LogP contribution < -0.4 is 4.90 Å². The highest BCUT2D eigenvalue weighted by atomic mass is 16.6. The van der Waals surface area contributed by atoms with Gasteiger partial charge in [-0.15, -0.1) is 0 Å². The highest BCUT2D eigenvalue weighted by molar-refractivity contribution is 6.08. The third-order valence-corrected chi connectivity index (χ3v) is 3.84. The Hall–Kier alpha value is -2.96. The van der Waals surface area contributed by atoms with Gasteiger partial charge in [0.2, 0.25) is 5.91 Å². The summed E-state index contributed by atoms with van der Waals surface area (Å²) in [4.78, 5) is 35.2. The number of anilines is 1. The molecule has 1 aliphatic heterocycles. The van der Waals surface area contributed by atoms with Crippen LogP contribution in [0.4, 0.5) is 11.4 Å². The van der Waals surface area contributed by atoms with E-state index in [1.807, 2.05) is 0 Å². The lowest BCUT2D eigenvalue weighted by molar-refractivity contribution is -0.383. The highest BCUT2D eigenvalue weighted by Crippen LogP contribution is 2.36. The molecule has 2 aromatic carbocycles. The first-order valence-corrected chi connectivity index (χ1v) is 6.68. The van der Waals surface area contributed by atoms with Crippen molar-refractivity contribution in [1.82, 2.24) is 0 Å². The van der Waals surface area contributed by atoms with Crippen molar-refractivity contribution in [3.8, 4) is 0 Å². The maximum Gasteiger partial charge on any atom is 0.308 e. The zero-order valence-corrected chi connectivity index (χ0v) is 11.4. The molecule has 7 nitrogen and oxygen atoms in total. The number of aliphatic carboxylic acids is 1. The lowest BCUT2D eigenvalue weighted by Gasteiger charge is -2.18. The Morgan fingerprint density at radius 2 is 1.91 bits per heavy atom. The molecule has 1 unspecified atom stereocenters. The van der Waals surface area contributed by atoms with Crippen molar-refractivity contribution >= 4 is 34.0 Å². The molecule has 1 N–H and O–H groups in total. The first-order chi connectivity index (χ1) is 10.5. The minimum Gasteiger partial charge on any atom is -0.481 e. The van der Waals surface area contributed by atoms with Crippen LogP contribution in [0.1, 0.15) is 6.42 Å². The lowest BCUT2D eigenvalue weighted by Crippen LogP contribution is -2.26. The van der Waals surface area contributed by atoms with Gasteiger partial charge in [0.25, 0.3) is 5.69 Å². The van der Waals surface area contributed by atoms with E-state index in [4.69, 9.17) is 5.11 Å². The largest absolute Gasteiger partial charge is 0.481 e. The van der Waals surface area contributed by atoms with Crippen molar-refractivity contribution in [2.45, 2.75) is 6.42 Å². The molecular formula is C15H12N2O5. The van der Waals surface area contributed by atoms with Crippen molar-refractivity contribution in [3.63, 3.8) is 0 Å². The van der Waals surface area contributed by atoms with Crippen molar-refractivity contribution in [3.05, 3.63) is 46.5 Å². The number of carbonyl (C=O) groups excluding carboxylic acids is 1. The third kappa shape index (κ3) is 2.16. The Morgan fingerprint density at radius 3 is 2.50 bits per heavy atom. The monoisotopic (exact) mass is 300 g/mol. The van der Waals surface area contributed by atoms with Crippen LogP contribution in [-0.2, 0) is 9.59 Å². The Balaban J connectivity index is 2.13. The first kappa shape index (κ1) is 14.0. The average molecular weight is 300 g/mol. The summed E-state index contributed by atoms with van der Waals surface area (Å²) in [7, 11) is 0. The van der Waals surface area contributed by atoms with Gasteiger partial charge in [-0.05, 0) is 12.1 Å². The maximum atomic E-state index is 12.1. The van der Waals surface area contributed by atoms with Gasteiger partial charge in [0, 0.05) is 24.4 Å². The smallest absolute Gasteiger partial charge is 0.308 e. The molecule has 0 aromatic heterocycles. The van der Waals surface area contributed by atoms with E-state index in [0.717, 1.165) is 0 Å². The summed E-state index contributed by atoms with van der Waals surface area (Å²) in [5.41, 5.74) is 0.468. The molecule has 7 heteroatoms. The summed E-state index contributed by atoms with van der Waals surface area (Å²) in [5.74, 6) is -2.05. The minimum atomic E-state index is -1.01. The second-order valence-electron chi connectivity index (χ2n) is 5.15. The summed E-state index contributed by atoms with van der Waals surface area (Å²) in [6, 6.07) is 9.57. The number of carbonyl (C=O) groups is 2. The van der Waals surface area contributed by atoms with Crippen LogP contribution in [0.15, 0.2) is 36.4 Å². The van der Waals surface area contributed by atoms with Crippen molar-refractivity contribution < 1.29 is 19.6 Å². The quantitative estimate of drug-likeness (QED) is 0.691. The molecule has 1 saturated heterocycles. The van der Waals surface area contributed by atoms with Gasteiger partial charge in [-0.25, -0.2) is 0 Å². The fourth-order valence-electron chi connectivity index (χ4n) is 2.77. The predicted octanol–water partition coefficient (Wildman–Crippen LogP) is 2.19. The van der Waals surface area contributed by atoms with E-state index in [-0.39, 0.29) is 24.6 Å². The zero-order valence-electron chi connectivity index (χ0n) is 11.4. The molecule has 1 atom stereocenters. The van der Waals surface area contributed by atoms with Crippen LogP contribution in [0.3, 0.4) is 0 Å². The molecule has 22 heavy (non-hydrogen) atoms. The minimum absolute atomic E-state index is 0.0409. The molecule has 0 spiro atoms. The molecule has 0 radical (unpaired) electrons. The Bertz CT molecular complexity index is 802. The molecule has 3 rings (SSSR count). The number of rotatable bonds is 3. The number of fused-ring (bicyclic) bond motifs is 1. The van der Waals surface area contributed by atoms with Crippen LogP contribution in [-0.4, -0.2) is 28.5 Å². The summed E-state index contributed by atoms with van der Waals surface area (Å²) in [6.45, 7) is 0.0793. The van der Waals surface area contributed by atoms with Crippen LogP contribution in [0.25, 0.3) is 10.8 Å². The number of carboxylic acid groups (broad SMARTS) is 1. The van der Waals surface area contributed by atoms with Gasteiger partial charge in [-0.2, -0.15) is 0 Å². The van der Waals surface area contributed by atoms with Crippen LogP contribution in [0.2, 0.25) is 0 Å². The number of hydrogen-bond donors (Lipinski definition) is 1. The van der Waals surface area contributed by atoms with Crippen molar-refractivity contribution in [2.75, 3.05) is 11.4 Å².